The lowest BCUT2D eigenvalue weighted by molar-refractivity contribution is 0.0675. The highest BCUT2D eigenvalue weighted by atomic mass is 35.5. The number of aryl methyl sites for hydroxylation is 1. The van der Waals surface area contributed by atoms with Crippen molar-refractivity contribution >= 4 is 17.5 Å². The Labute approximate surface area is 171 Å². The molecule has 1 aliphatic heterocycles. The molecule has 1 unspecified atom stereocenters. The second kappa shape index (κ2) is 7.50. The van der Waals surface area contributed by atoms with Crippen LogP contribution in [0.2, 0.25) is 5.02 Å². The fraction of sp³-hybridized carbons (Fsp3) is 0.238. The van der Waals surface area contributed by atoms with Gasteiger partial charge in [-0.3, -0.25) is 9.89 Å². The van der Waals surface area contributed by atoms with Gasteiger partial charge in [0, 0.05) is 35.4 Å². The summed E-state index contributed by atoms with van der Waals surface area (Å²) in [6, 6.07) is 8.74. The van der Waals surface area contributed by atoms with E-state index in [4.69, 9.17) is 16.3 Å². The third-order valence-electron chi connectivity index (χ3n) is 5.13. The lowest BCUT2D eigenvalue weighted by Crippen LogP contribution is -2.33. The van der Waals surface area contributed by atoms with E-state index in [1.165, 1.54) is 19.2 Å². The highest BCUT2D eigenvalue weighted by Crippen LogP contribution is 2.45. The van der Waals surface area contributed by atoms with Crippen LogP contribution in [-0.4, -0.2) is 46.4 Å². The minimum absolute atomic E-state index is 0.0173. The zero-order valence-corrected chi connectivity index (χ0v) is 16.6. The van der Waals surface area contributed by atoms with Crippen LogP contribution in [0.15, 0.2) is 36.4 Å². The van der Waals surface area contributed by atoms with E-state index in [1.807, 2.05) is 0 Å². The molecule has 150 valence electrons. The number of hydrogen-bond donors (Lipinski definition) is 2. The molecular weight excluding hydrogens is 397 g/mol. The molecule has 6 nitrogen and oxygen atoms in total. The molecule has 0 saturated carbocycles. The van der Waals surface area contributed by atoms with E-state index in [2.05, 4.69) is 10.2 Å². The molecule has 1 aromatic heterocycles. The predicted octanol–water partition coefficient (Wildman–Crippen LogP) is 4.07. The monoisotopic (exact) mass is 415 g/mol. The second-order valence-electron chi connectivity index (χ2n) is 6.89. The molecule has 0 saturated heterocycles. The van der Waals surface area contributed by atoms with Crippen molar-refractivity contribution in [1.29, 1.82) is 0 Å². The number of aromatic hydroxyl groups is 1. The first kappa shape index (κ1) is 19.4. The molecule has 4 rings (SSSR count). The van der Waals surface area contributed by atoms with Crippen LogP contribution in [0, 0.1) is 12.7 Å². The van der Waals surface area contributed by atoms with E-state index in [0.29, 0.717) is 39.6 Å². The maximum absolute atomic E-state index is 14.7. The Morgan fingerprint density at radius 3 is 2.83 bits per heavy atom. The van der Waals surface area contributed by atoms with Crippen molar-refractivity contribution in [3.05, 3.63) is 69.6 Å². The number of phenols is 1. The maximum Gasteiger partial charge on any atom is 0.273 e. The van der Waals surface area contributed by atoms with Gasteiger partial charge in [-0.15, -0.1) is 0 Å². The first-order valence-electron chi connectivity index (χ1n) is 9.06. The summed E-state index contributed by atoms with van der Waals surface area (Å²) in [5.74, 6) is -0.753. The maximum atomic E-state index is 14.7. The zero-order chi connectivity index (χ0) is 20.7. The first-order valence-corrected chi connectivity index (χ1v) is 9.44. The first-order chi connectivity index (χ1) is 13.9. The van der Waals surface area contributed by atoms with Gasteiger partial charge in [0.15, 0.2) is 0 Å². The average Bonchev–Trinajstić information content (AvgIpc) is 3.23. The zero-order valence-electron chi connectivity index (χ0n) is 15.9. The van der Waals surface area contributed by atoms with Crippen LogP contribution in [0.5, 0.6) is 5.75 Å². The quantitative estimate of drug-likeness (QED) is 0.658. The van der Waals surface area contributed by atoms with Gasteiger partial charge in [-0.2, -0.15) is 5.10 Å². The molecule has 1 amide bonds. The fourth-order valence-corrected chi connectivity index (χ4v) is 3.86. The predicted molar refractivity (Wildman–Crippen MR) is 107 cm³/mol. The summed E-state index contributed by atoms with van der Waals surface area (Å²) in [5, 5.41) is 18.0. The van der Waals surface area contributed by atoms with Crippen LogP contribution in [0.3, 0.4) is 0 Å². The van der Waals surface area contributed by atoms with Gasteiger partial charge >= 0.3 is 0 Å². The molecule has 29 heavy (non-hydrogen) atoms. The molecular formula is C21H19ClFN3O3. The number of aromatic nitrogens is 2. The smallest absolute Gasteiger partial charge is 0.273 e. The van der Waals surface area contributed by atoms with Crippen molar-refractivity contribution in [3.8, 4) is 17.0 Å². The van der Waals surface area contributed by atoms with Gasteiger partial charge in [-0.05, 0) is 30.7 Å². The highest BCUT2D eigenvalue weighted by molar-refractivity contribution is 6.31. The summed E-state index contributed by atoms with van der Waals surface area (Å²) in [6.07, 6.45) is 0. The summed E-state index contributed by atoms with van der Waals surface area (Å²) < 4.78 is 19.9. The molecule has 2 aromatic carbocycles. The number of nitrogens with one attached hydrogen (secondary N) is 1. The van der Waals surface area contributed by atoms with Gasteiger partial charge in [-0.1, -0.05) is 29.8 Å². The van der Waals surface area contributed by atoms with Gasteiger partial charge < -0.3 is 14.7 Å². The molecule has 1 atom stereocenters. The molecule has 8 heteroatoms. The van der Waals surface area contributed by atoms with E-state index in [-0.39, 0.29) is 23.9 Å². The van der Waals surface area contributed by atoms with E-state index in [1.54, 1.807) is 36.1 Å². The van der Waals surface area contributed by atoms with Crippen molar-refractivity contribution in [1.82, 2.24) is 15.1 Å². The molecule has 1 aliphatic rings. The Balaban J connectivity index is 1.93. The standard InChI is InChI=1S/C21H19ClFN3O3/c1-11-9-16(27)13(10-14(11)22)18-17-19(25-24-18)21(28)26(7-8-29-2)20(17)12-5-3-4-6-15(12)23/h3-6,9-10,20,27H,7-8H2,1-2H3,(H,24,25). The van der Waals surface area contributed by atoms with Crippen molar-refractivity contribution in [2.45, 2.75) is 13.0 Å². The summed E-state index contributed by atoms with van der Waals surface area (Å²) in [6.45, 7) is 2.35. The highest BCUT2D eigenvalue weighted by Gasteiger charge is 2.43. The molecule has 2 N–H and O–H groups in total. The second-order valence-corrected chi connectivity index (χ2v) is 7.30. The van der Waals surface area contributed by atoms with E-state index < -0.39 is 11.9 Å². The Bertz CT molecular complexity index is 1100. The average molecular weight is 416 g/mol. The van der Waals surface area contributed by atoms with Crippen LogP contribution in [0.25, 0.3) is 11.3 Å². The number of carbonyl (C=O) groups is 1. The molecule has 3 aromatic rings. The molecule has 0 bridgehead atoms. The number of H-pyrrole nitrogens is 1. The van der Waals surface area contributed by atoms with Gasteiger partial charge in [-0.25, -0.2) is 4.39 Å². The van der Waals surface area contributed by atoms with Crippen LogP contribution in [0.4, 0.5) is 4.39 Å². The largest absolute Gasteiger partial charge is 0.507 e. The number of halogens is 2. The Morgan fingerprint density at radius 1 is 1.34 bits per heavy atom. The molecule has 0 aliphatic carbocycles. The number of ether oxygens (including phenoxy) is 1. The van der Waals surface area contributed by atoms with E-state index in [9.17, 15) is 14.3 Å². The van der Waals surface area contributed by atoms with E-state index >= 15 is 0 Å². The number of aromatic amines is 1. The van der Waals surface area contributed by atoms with Gasteiger partial charge in [0.2, 0.25) is 0 Å². The van der Waals surface area contributed by atoms with Crippen LogP contribution >= 0.6 is 11.6 Å². The number of fused-ring (bicyclic) bond motifs is 1. The number of phenolic OH excluding ortho intramolecular Hbond substituents is 1. The Hall–Kier alpha value is -2.90. The van der Waals surface area contributed by atoms with Gasteiger partial charge in [0.25, 0.3) is 5.91 Å². The molecule has 0 spiro atoms. The number of benzene rings is 2. The lowest BCUT2D eigenvalue weighted by Gasteiger charge is -2.26. The minimum atomic E-state index is -0.706. The van der Waals surface area contributed by atoms with Crippen LogP contribution in [0.1, 0.15) is 33.2 Å². The van der Waals surface area contributed by atoms with E-state index in [0.717, 1.165) is 0 Å². The Morgan fingerprint density at radius 2 is 2.10 bits per heavy atom. The van der Waals surface area contributed by atoms with Gasteiger partial charge in [0.05, 0.1) is 12.6 Å². The SMILES string of the molecule is COCCN1C(=O)c2[nH]nc(-c3cc(Cl)c(C)cc3O)c2C1c1ccccc1F. The summed E-state index contributed by atoms with van der Waals surface area (Å²) in [5.41, 5.74) is 2.56. The van der Waals surface area contributed by atoms with Gasteiger partial charge in [0.1, 0.15) is 23.0 Å². The Kier molecular flexibility index (Phi) is 5.02. The van der Waals surface area contributed by atoms with Crippen LogP contribution in [-0.2, 0) is 4.74 Å². The molecule has 0 fully saturated rings. The van der Waals surface area contributed by atoms with Crippen molar-refractivity contribution in [2.24, 2.45) is 0 Å². The summed E-state index contributed by atoms with van der Waals surface area (Å²) in [7, 11) is 1.54. The third-order valence-corrected chi connectivity index (χ3v) is 5.54. The van der Waals surface area contributed by atoms with Crippen LogP contribution < -0.4 is 0 Å². The fourth-order valence-electron chi connectivity index (χ4n) is 3.70. The molecule has 2 heterocycles. The topological polar surface area (TPSA) is 78.5 Å². The minimum Gasteiger partial charge on any atom is -0.507 e. The number of carbonyl (C=O) groups excluding carboxylic acids is 1. The number of rotatable bonds is 5. The van der Waals surface area contributed by atoms with Crippen molar-refractivity contribution in [2.75, 3.05) is 20.3 Å². The number of nitrogens with zero attached hydrogens (tertiary/aromatic N) is 2. The third kappa shape index (κ3) is 3.16. The molecule has 0 radical (unpaired) electrons. The van der Waals surface area contributed by atoms with Crippen molar-refractivity contribution in [3.63, 3.8) is 0 Å². The normalized spacial score (nSPS) is 15.8. The lowest BCUT2D eigenvalue weighted by atomic mass is 9.95. The summed E-state index contributed by atoms with van der Waals surface area (Å²) in [4.78, 5) is 14.6. The summed E-state index contributed by atoms with van der Waals surface area (Å²) >= 11 is 6.26. The number of amides is 1. The van der Waals surface area contributed by atoms with Crippen molar-refractivity contribution < 1.29 is 19.0 Å². The number of hydrogen-bond acceptors (Lipinski definition) is 4. The number of methoxy groups -OCH3 is 1.